The van der Waals surface area contributed by atoms with Gasteiger partial charge in [0.05, 0.1) is 6.07 Å². The summed E-state index contributed by atoms with van der Waals surface area (Å²) in [6, 6.07) is 7.30. The molecule has 66 valence electrons. The third-order valence-electron chi connectivity index (χ3n) is 1.78. The van der Waals surface area contributed by atoms with Gasteiger partial charge >= 0.3 is 0 Å². The van der Waals surface area contributed by atoms with E-state index in [2.05, 4.69) is 0 Å². The second-order valence-corrected chi connectivity index (χ2v) is 2.99. The van der Waals surface area contributed by atoms with Gasteiger partial charge < -0.3 is 5.11 Å². The Hall–Kier alpha value is -1.75. The molecule has 1 aromatic carbocycles. The molecule has 2 nitrogen and oxygen atoms in total. The number of rotatable bonds is 1. The Kier molecular flexibility index (Phi) is 2.71. The highest BCUT2D eigenvalue weighted by Crippen LogP contribution is 2.18. The lowest BCUT2D eigenvalue weighted by atomic mass is 10.1. The van der Waals surface area contributed by atoms with E-state index in [9.17, 15) is 5.11 Å². The van der Waals surface area contributed by atoms with Gasteiger partial charge in [-0.15, -0.1) is 0 Å². The van der Waals surface area contributed by atoms with Crippen LogP contribution in [0.15, 0.2) is 23.8 Å². The van der Waals surface area contributed by atoms with E-state index in [1.807, 2.05) is 19.1 Å². The summed E-state index contributed by atoms with van der Waals surface area (Å²) in [5.74, 6) is 0.284. The van der Waals surface area contributed by atoms with Gasteiger partial charge in [0.25, 0.3) is 0 Å². The van der Waals surface area contributed by atoms with Crippen molar-refractivity contribution in [3.05, 3.63) is 34.9 Å². The minimum absolute atomic E-state index is 0.284. The van der Waals surface area contributed by atoms with Gasteiger partial charge in [0, 0.05) is 5.57 Å². The first kappa shape index (κ1) is 9.34. The molecule has 0 saturated carbocycles. The predicted octanol–water partition coefficient (Wildman–Crippen LogP) is 2.63. The van der Waals surface area contributed by atoms with Crippen molar-refractivity contribution in [1.82, 2.24) is 0 Å². The van der Waals surface area contributed by atoms with Crippen LogP contribution in [-0.2, 0) is 0 Å². The van der Waals surface area contributed by atoms with E-state index in [0.29, 0.717) is 5.57 Å². The second-order valence-electron chi connectivity index (χ2n) is 2.99. The molecule has 0 spiro atoms. The number of phenolic OH excluding ortho intramolecular Hbond substituents is 1. The van der Waals surface area contributed by atoms with Gasteiger partial charge in [-0.2, -0.15) is 5.26 Å². The highest BCUT2D eigenvalue weighted by Gasteiger charge is 1.95. The van der Waals surface area contributed by atoms with Gasteiger partial charge in [0.2, 0.25) is 0 Å². The first-order valence-electron chi connectivity index (χ1n) is 4.01. The Morgan fingerprint density at radius 2 is 2.23 bits per heavy atom. The summed E-state index contributed by atoms with van der Waals surface area (Å²) in [6.45, 7) is 3.58. The topological polar surface area (TPSA) is 44.0 Å². The van der Waals surface area contributed by atoms with Crippen LogP contribution >= 0.6 is 0 Å². The van der Waals surface area contributed by atoms with E-state index in [-0.39, 0.29) is 5.75 Å². The molecule has 0 atom stereocenters. The molecule has 0 heterocycles. The number of hydrogen-bond acceptors (Lipinski definition) is 2. The third-order valence-corrected chi connectivity index (χ3v) is 1.78. The van der Waals surface area contributed by atoms with E-state index in [4.69, 9.17) is 5.26 Å². The van der Waals surface area contributed by atoms with E-state index in [0.717, 1.165) is 11.1 Å². The summed E-state index contributed by atoms with van der Waals surface area (Å²) in [6.07, 6.45) is 1.78. The fourth-order valence-corrected chi connectivity index (χ4v) is 1.05. The van der Waals surface area contributed by atoms with Crippen molar-refractivity contribution in [2.24, 2.45) is 0 Å². The summed E-state index contributed by atoms with van der Waals surface area (Å²) in [4.78, 5) is 0. The molecule has 1 N–H and O–H groups in total. The molecule has 0 unspecified atom stereocenters. The molecule has 0 fully saturated rings. The third kappa shape index (κ3) is 2.34. The van der Waals surface area contributed by atoms with Crippen LogP contribution in [0.3, 0.4) is 0 Å². The maximum absolute atomic E-state index is 9.25. The van der Waals surface area contributed by atoms with E-state index >= 15 is 0 Å². The molecular formula is C11H11NO. The average molecular weight is 173 g/mol. The first-order chi connectivity index (χ1) is 6.13. The van der Waals surface area contributed by atoms with Gasteiger partial charge in [0.15, 0.2) is 0 Å². The fraction of sp³-hybridized carbons (Fsp3) is 0.182. The van der Waals surface area contributed by atoms with Crippen LogP contribution < -0.4 is 0 Å². The van der Waals surface area contributed by atoms with Crippen LogP contribution in [0.1, 0.15) is 18.1 Å². The quantitative estimate of drug-likeness (QED) is 0.663. The van der Waals surface area contributed by atoms with Crippen LogP contribution in [0.5, 0.6) is 5.75 Å². The van der Waals surface area contributed by atoms with Crippen molar-refractivity contribution in [2.45, 2.75) is 13.8 Å². The molecule has 2 heteroatoms. The zero-order valence-electron chi connectivity index (χ0n) is 7.70. The highest BCUT2D eigenvalue weighted by atomic mass is 16.3. The molecular weight excluding hydrogens is 162 g/mol. The largest absolute Gasteiger partial charge is 0.508 e. The molecule has 0 saturated heterocycles. The SMILES string of the molecule is C/C(C#N)=C\c1ccc(O)c(C)c1. The molecule has 1 rings (SSSR count). The Labute approximate surface area is 77.8 Å². The Morgan fingerprint density at radius 1 is 1.54 bits per heavy atom. The number of hydrogen-bond donors (Lipinski definition) is 1. The molecule has 0 aromatic heterocycles. The summed E-state index contributed by atoms with van der Waals surface area (Å²) in [5.41, 5.74) is 2.42. The van der Waals surface area contributed by atoms with Crippen molar-refractivity contribution in [3.63, 3.8) is 0 Å². The lowest BCUT2D eigenvalue weighted by molar-refractivity contribution is 0.471. The normalized spacial score (nSPS) is 11.0. The van der Waals surface area contributed by atoms with Gasteiger partial charge in [0.1, 0.15) is 5.75 Å². The second kappa shape index (κ2) is 3.77. The van der Waals surface area contributed by atoms with Gasteiger partial charge in [-0.3, -0.25) is 0 Å². The molecule has 13 heavy (non-hydrogen) atoms. The molecule has 0 aliphatic carbocycles. The standard InChI is InChI=1S/C11H11NO/c1-8(7-12)5-10-3-4-11(13)9(2)6-10/h3-6,13H,1-2H3/b8-5+. The first-order valence-corrected chi connectivity index (χ1v) is 4.01. The van der Waals surface area contributed by atoms with Crippen molar-refractivity contribution >= 4 is 6.08 Å². The van der Waals surface area contributed by atoms with Crippen molar-refractivity contribution in [1.29, 1.82) is 5.26 Å². The average Bonchev–Trinajstić information content (AvgIpc) is 2.11. The molecule has 0 aliphatic heterocycles. The summed E-state index contributed by atoms with van der Waals surface area (Å²) in [5, 5.41) is 17.8. The van der Waals surface area contributed by atoms with Crippen molar-refractivity contribution in [3.8, 4) is 11.8 Å². The monoisotopic (exact) mass is 173 g/mol. The Bertz CT molecular complexity index is 386. The summed E-state index contributed by atoms with van der Waals surface area (Å²) >= 11 is 0. The maximum Gasteiger partial charge on any atom is 0.118 e. The van der Waals surface area contributed by atoms with Crippen LogP contribution in [0.4, 0.5) is 0 Å². The minimum Gasteiger partial charge on any atom is -0.508 e. The lowest BCUT2D eigenvalue weighted by Crippen LogP contribution is -1.78. The van der Waals surface area contributed by atoms with Crippen molar-refractivity contribution in [2.75, 3.05) is 0 Å². The molecule has 0 amide bonds. The number of aryl methyl sites for hydroxylation is 1. The zero-order valence-corrected chi connectivity index (χ0v) is 7.70. The molecule has 1 aromatic rings. The Morgan fingerprint density at radius 3 is 2.77 bits per heavy atom. The summed E-state index contributed by atoms with van der Waals surface area (Å²) < 4.78 is 0. The van der Waals surface area contributed by atoms with Crippen molar-refractivity contribution < 1.29 is 5.11 Å². The van der Waals surface area contributed by atoms with Crippen LogP contribution in [0.2, 0.25) is 0 Å². The molecule has 0 aliphatic rings. The Balaban J connectivity index is 3.07. The number of allylic oxidation sites excluding steroid dienone is 1. The minimum atomic E-state index is 0.284. The molecule has 0 bridgehead atoms. The lowest BCUT2D eigenvalue weighted by Gasteiger charge is -1.99. The van der Waals surface area contributed by atoms with E-state index < -0.39 is 0 Å². The highest BCUT2D eigenvalue weighted by molar-refractivity contribution is 5.58. The van der Waals surface area contributed by atoms with Crippen LogP contribution in [0, 0.1) is 18.3 Å². The number of nitriles is 1. The number of benzene rings is 1. The van der Waals surface area contributed by atoms with E-state index in [1.54, 1.807) is 25.1 Å². The maximum atomic E-state index is 9.25. The van der Waals surface area contributed by atoms with Gasteiger partial charge in [-0.25, -0.2) is 0 Å². The van der Waals surface area contributed by atoms with E-state index in [1.165, 1.54) is 0 Å². The zero-order chi connectivity index (χ0) is 9.84. The van der Waals surface area contributed by atoms with Crippen LogP contribution in [0.25, 0.3) is 6.08 Å². The number of nitrogens with zero attached hydrogens (tertiary/aromatic N) is 1. The predicted molar refractivity (Wildman–Crippen MR) is 52.1 cm³/mol. The molecule has 0 radical (unpaired) electrons. The smallest absolute Gasteiger partial charge is 0.118 e. The summed E-state index contributed by atoms with van der Waals surface area (Å²) in [7, 11) is 0. The fourth-order valence-electron chi connectivity index (χ4n) is 1.05. The van der Waals surface area contributed by atoms with Gasteiger partial charge in [-0.05, 0) is 43.2 Å². The number of phenols is 1. The number of aromatic hydroxyl groups is 1. The van der Waals surface area contributed by atoms with Crippen LogP contribution in [-0.4, -0.2) is 5.11 Å². The van der Waals surface area contributed by atoms with Gasteiger partial charge in [-0.1, -0.05) is 6.07 Å².